The molecule has 0 heterocycles. The van der Waals surface area contributed by atoms with E-state index in [0.717, 1.165) is 25.7 Å². The van der Waals surface area contributed by atoms with Crippen LogP contribution in [0.25, 0.3) is 0 Å². The maximum atomic E-state index is 11.0. The van der Waals surface area contributed by atoms with Gasteiger partial charge in [0.2, 0.25) is 5.24 Å². The van der Waals surface area contributed by atoms with Crippen LogP contribution in [0.2, 0.25) is 0 Å². The van der Waals surface area contributed by atoms with Gasteiger partial charge in [-0.3, -0.25) is 4.79 Å². The highest BCUT2D eigenvalue weighted by molar-refractivity contribution is 6.63. The Hall–Kier alpha value is -0.0800. The summed E-state index contributed by atoms with van der Waals surface area (Å²) in [4.78, 5) is 11.0. The van der Waals surface area contributed by atoms with Gasteiger partial charge in [-0.2, -0.15) is 0 Å². The molecule has 0 N–H and O–H groups in total. The Labute approximate surface area is 84.6 Å². The smallest absolute Gasteiger partial charge is 0.224 e. The van der Waals surface area contributed by atoms with Gasteiger partial charge in [0.05, 0.1) is 6.10 Å². The van der Waals surface area contributed by atoms with Gasteiger partial charge in [0.1, 0.15) is 0 Å². The molecule has 3 unspecified atom stereocenters. The topological polar surface area (TPSA) is 26.3 Å². The van der Waals surface area contributed by atoms with Crippen LogP contribution in [-0.2, 0) is 9.53 Å². The summed E-state index contributed by atoms with van der Waals surface area (Å²) in [6.45, 7) is 1.91. The average Bonchev–Trinajstić information content (AvgIpc) is 2.16. The molecule has 1 aliphatic carbocycles. The molecule has 2 nitrogen and oxygen atoms in total. The molecule has 0 aromatic carbocycles. The Morgan fingerprint density at radius 3 is 2.77 bits per heavy atom. The lowest BCUT2D eigenvalue weighted by atomic mass is 9.80. The fraction of sp³-hybridized carbons (Fsp3) is 0.900. The molecule has 0 saturated heterocycles. The van der Waals surface area contributed by atoms with Crippen LogP contribution < -0.4 is 0 Å². The third-order valence-electron chi connectivity index (χ3n) is 3.07. The Balaban J connectivity index is 2.46. The fourth-order valence-corrected chi connectivity index (χ4v) is 2.21. The third kappa shape index (κ3) is 2.96. The van der Waals surface area contributed by atoms with E-state index < -0.39 is 0 Å². The maximum absolute atomic E-state index is 11.0. The Morgan fingerprint density at radius 1 is 1.54 bits per heavy atom. The van der Waals surface area contributed by atoms with Crippen molar-refractivity contribution in [1.29, 1.82) is 0 Å². The molecule has 0 radical (unpaired) electrons. The SMILES string of the molecule is COC1CCCC(C(C)C(=O)Cl)C1. The predicted octanol–water partition coefficient (Wildman–Crippen LogP) is 2.59. The van der Waals surface area contributed by atoms with Crippen LogP contribution in [0.1, 0.15) is 32.6 Å². The minimum absolute atomic E-state index is 0.0142. The summed E-state index contributed by atoms with van der Waals surface area (Å²) in [5.74, 6) is 0.406. The monoisotopic (exact) mass is 204 g/mol. The predicted molar refractivity (Wildman–Crippen MR) is 52.8 cm³/mol. The van der Waals surface area contributed by atoms with Gasteiger partial charge < -0.3 is 4.74 Å². The van der Waals surface area contributed by atoms with Crippen molar-refractivity contribution < 1.29 is 9.53 Å². The van der Waals surface area contributed by atoms with Crippen molar-refractivity contribution in [2.24, 2.45) is 11.8 Å². The maximum Gasteiger partial charge on any atom is 0.224 e. The number of methoxy groups -OCH3 is 1. The van der Waals surface area contributed by atoms with Gasteiger partial charge >= 0.3 is 0 Å². The first-order valence-electron chi connectivity index (χ1n) is 4.87. The van der Waals surface area contributed by atoms with Crippen molar-refractivity contribution in [3.63, 3.8) is 0 Å². The standard InChI is InChI=1S/C10H17ClO2/c1-7(10(11)12)8-4-3-5-9(6-8)13-2/h7-9H,3-6H2,1-2H3. The van der Waals surface area contributed by atoms with Gasteiger partial charge in [-0.05, 0) is 36.8 Å². The molecule has 1 rings (SSSR count). The molecule has 0 aromatic heterocycles. The number of ether oxygens (including phenoxy) is 1. The zero-order valence-electron chi connectivity index (χ0n) is 8.25. The third-order valence-corrected chi connectivity index (χ3v) is 3.41. The van der Waals surface area contributed by atoms with Crippen LogP contribution in [0, 0.1) is 11.8 Å². The molecule has 0 aromatic rings. The summed E-state index contributed by atoms with van der Waals surface area (Å²) in [6.07, 6.45) is 4.70. The van der Waals surface area contributed by atoms with E-state index in [0.29, 0.717) is 12.0 Å². The summed E-state index contributed by atoms with van der Waals surface area (Å²) in [7, 11) is 1.74. The lowest BCUT2D eigenvalue weighted by Crippen LogP contribution is -2.28. The van der Waals surface area contributed by atoms with Crippen LogP contribution in [0.4, 0.5) is 0 Å². The second-order valence-corrected chi connectivity index (χ2v) is 4.25. The first-order chi connectivity index (χ1) is 6.15. The van der Waals surface area contributed by atoms with Gasteiger partial charge in [0.15, 0.2) is 0 Å². The second kappa shape index (κ2) is 4.97. The van der Waals surface area contributed by atoms with E-state index in [9.17, 15) is 4.79 Å². The van der Waals surface area contributed by atoms with Crippen LogP contribution in [0.15, 0.2) is 0 Å². The van der Waals surface area contributed by atoms with Gasteiger partial charge in [-0.15, -0.1) is 0 Å². The van der Waals surface area contributed by atoms with Crippen molar-refractivity contribution in [3.05, 3.63) is 0 Å². The van der Waals surface area contributed by atoms with E-state index in [1.54, 1.807) is 7.11 Å². The number of carbonyl (C=O) groups excluding carboxylic acids is 1. The highest BCUT2D eigenvalue weighted by Gasteiger charge is 2.28. The zero-order chi connectivity index (χ0) is 9.84. The van der Waals surface area contributed by atoms with E-state index in [1.807, 2.05) is 6.92 Å². The van der Waals surface area contributed by atoms with Crippen LogP contribution in [0.5, 0.6) is 0 Å². The first-order valence-corrected chi connectivity index (χ1v) is 5.25. The molecule has 1 aliphatic rings. The average molecular weight is 205 g/mol. The van der Waals surface area contributed by atoms with Crippen LogP contribution >= 0.6 is 11.6 Å². The Kier molecular flexibility index (Phi) is 4.20. The largest absolute Gasteiger partial charge is 0.381 e. The number of hydrogen-bond acceptors (Lipinski definition) is 2. The van der Waals surface area contributed by atoms with Gasteiger partial charge in [0.25, 0.3) is 0 Å². The number of halogens is 1. The highest BCUT2D eigenvalue weighted by Crippen LogP contribution is 2.32. The molecular weight excluding hydrogens is 188 g/mol. The van der Waals surface area contributed by atoms with E-state index in [1.165, 1.54) is 0 Å². The van der Waals surface area contributed by atoms with E-state index in [-0.39, 0.29) is 11.2 Å². The normalized spacial score (nSPS) is 31.3. The minimum Gasteiger partial charge on any atom is -0.381 e. The van der Waals surface area contributed by atoms with Crippen molar-refractivity contribution in [3.8, 4) is 0 Å². The quantitative estimate of drug-likeness (QED) is 0.661. The molecule has 1 fully saturated rings. The van der Waals surface area contributed by atoms with Gasteiger partial charge in [-0.1, -0.05) is 13.3 Å². The molecule has 3 atom stereocenters. The minimum atomic E-state index is -0.207. The molecule has 1 saturated carbocycles. The summed E-state index contributed by atoms with van der Waals surface area (Å²) >= 11 is 5.47. The van der Waals surface area contributed by atoms with E-state index in [2.05, 4.69) is 0 Å². The summed E-state index contributed by atoms with van der Waals surface area (Å²) in [6, 6.07) is 0. The molecule has 0 spiro atoms. The van der Waals surface area contributed by atoms with Crippen LogP contribution in [-0.4, -0.2) is 18.5 Å². The van der Waals surface area contributed by atoms with Crippen molar-refractivity contribution in [2.75, 3.05) is 7.11 Å². The van der Waals surface area contributed by atoms with Gasteiger partial charge in [-0.25, -0.2) is 0 Å². The first kappa shape index (κ1) is 11.0. The van der Waals surface area contributed by atoms with E-state index >= 15 is 0 Å². The van der Waals surface area contributed by atoms with Crippen molar-refractivity contribution in [2.45, 2.75) is 38.7 Å². The summed E-state index contributed by atoms with van der Waals surface area (Å²) < 4.78 is 5.30. The van der Waals surface area contributed by atoms with E-state index in [4.69, 9.17) is 16.3 Å². The molecule has 13 heavy (non-hydrogen) atoms. The molecular formula is C10H17ClO2. The molecule has 76 valence electrons. The summed E-state index contributed by atoms with van der Waals surface area (Å²) in [5.41, 5.74) is 0. The second-order valence-electron chi connectivity index (χ2n) is 3.88. The Morgan fingerprint density at radius 2 is 2.23 bits per heavy atom. The molecule has 0 amide bonds. The van der Waals surface area contributed by atoms with Crippen molar-refractivity contribution in [1.82, 2.24) is 0 Å². The molecule has 0 aliphatic heterocycles. The van der Waals surface area contributed by atoms with Crippen molar-refractivity contribution >= 4 is 16.8 Å². The number of rotatable bonds is 3. The highest BCUT2D eigenvalue weighted by atomic mass is 35.5. The van der Waals surface area contributed by atoms with Gasteiger partial charge in [0, 0.05) is 13.0 Å². The van der Waals surface area contributed by atoms with Crippen LogP contribution in [0.3, 0.4) is 0 Å². The number of carbonyl (C=O) groups is 1. The fourth-order valence-electron chi connectivity index (χ4n) is 2.03. The molecule has 3 heteroatoms. The molecule has 0 bridgehead atoms. The summed E-state index contributed by atoms with van der Waals surface area (Å²) in [5, 5.41) is -0.207. The lowest BCUT2D eigenvalue weighted by molar-refractivity contribution is -0.117. The number of hydrogen-bond donors (Lipinski definition) is 0. The lowest BCUT2D eigenvalue weighted by Gasteiger charge is -2.30. The Bertz CT molecular complexity index is 182. The zero-order valence-corrected chi connectivity index (χ0v) is 9.01.